The highest BCUT2D eigenvalue weighted by atomic mass is 19.1. The van der Waals surface area contributed by atoms with Gasteiger partial charge in [0.05, 0.1) is 6.61 Å². The van der Waals surface area contributed by atoms with E-state index in [9.17, 15) is 9.18 Å². The number of rotatable bonds is 17. The number of halogens is 1. The number of carbonyl (C=O) groups excluding carboxylic acids is 1. The largest absolute Gasteiger partial charge is 0.491 e. The van der Waals surface area contributed by atoms with Gasteiger partial charge in [-0.15, -0.1) is 0 Å². The van der Waals surface area contributed by atoms with Crippen molar-refractivity contribution in [1.29, 1.82) is 0 Å². The molecule has 0 fully saturated rings. The van der Waals surface area contributed by atoms with Gasteiger partial charge in [0, 0.05) is 6.42 Å². The number of esters is 1. The predicted octanol–water partition coefficient (Wildman–Crippen LogP) is 8.89. The van der Waals surface area contributed by atoms with Crippen LogP contribution in [0, 0.1) is 5.82 Å². The fourth-order valence-electron chi connectivity index (χ4n) is 3.81. The summed E-state index contributed by atoms with van der Waals surface area (Å²) >= 11 is 0. The van der Waals surface area contributed by atoms with E-state index in [0.29, 0.717) is 24.5 Å². The summed E-state index contributed by atoms with van der Waals surface area (Å²) in [5.41, 5.74) is 1.64. The molecule has 182 valence electrons. The van der Waals surface area contributed by atoms with Crippen LogP contribution in [0.1, 0.15) is 97.3 Å². The summed E-state index contributed by atoms with van der Waals surface area (Å²) in [4.78, 5) is 12.0. The minimum atomic E-state index is -0.354. The summed E-state index contributed by atoms with van der Waals surface area (Å²) in [5, 5.41) is 0. The summed E-state index contributed by atoms with van der Waals surface area (Å²) in [7, 11) is 0. The first-order valence-corrected chi connectivity index (χ1v) is 12.9. The van der Waals surface area contributed by atoms with Crippen molar-refractivity contribution in [3.8, 4) is 22.6 Å². The van der Waals surface area contributed by atoms with Crippen LogP contribution in [0.15, 0.2) is 42.5 Å². The second-order valence-electron chi connectivity index (χ2n) is 8.78. The molecule has 0 aliphatic heterocycles. The maximum absolute atomic E-state index is 14.5. The smallest absolute Gasteiger partial charge is 0.311 e. The van der Waals surface area contributed by atoms with E-state index < -0.39 is 0 Å². The molecule has 0 amide bonds. The van der Waals surface area contributed by atoms with Gasteiger partial charge in [-0.05, 0) is 48.2 Å². The second kappa shape index (κ2) is 16.3. The molecule has 0 spiro atoms. The van der Waals surface area contributed by atoms with Gasteiger partial charge in [-0.3, -0.25) is 4.79 Å². The molecule has 0 aliphatic rings. The second-order valence-corrected chi connectivity index (χ2v) is 8.78. The van der Waals surface area contributed by atoms with Crippen molar-refractivity contribution in [3.63, 3.8) is 0 Å². The zero-order valence-electron chi connectivity index (χ0n) is 20.5. The van der Waals surface area contributed by atoms with Crippen LogP contribution < -0.4 is 9.47 Å². The van der Waals surface area contributed by atoms with Gasteiger partial charge < -0.3 is 9.47 Å². The topological polar surface area (TPSA) is 35.5 Å². The average molecular weight is 457 g/mol. The Bertz CT molecular complexity index is 801. The third-order valence-corrected chi connectivity index (χ3v) is 5.84. The molecule has 0 saturated carbocycles. The lowest BCUT2D eigenvalue weighted by atomic mass is 10.1. The lowest BCUT2D eigenvalue weighted by Gasteiger charge is -2.10. The van der Waals surface area contributed by atoms with E-state index >= 15 is 0 Å². The molecule has 2 rings (SSSR count). The Hall–Kier alpha value is -2.36. The van der Waals surface area contributed by atoms with Crippen LogP contribution in [-0.2, 0) is 4.79 Å². The molecule has 0 atom stereocenters. The van der Waals surface area contributed by atoms with E-state index in [1.807, 2.05) is 18.2 Å². The van der Waals surface area contributed by atoms with Gasteiger partial charge in [-0.1, -0.05) is 96.3 Å². The third-order valence-electron chi connectivity index (χ3n) is 5.84. The number of hydrogen-bond acceptors (Lipinski definition) is 3. The minimum absolute atomic E-state index is 0.198. The van der Waals surface area contributed by atoms with Crippen LogP contribution in [0.2, 0.25) is 0 Å². The van der Waals surface area contributed by atoms with Crippen molar-refractivity contribution in [1.82, 2.24) is 0 Å². The van der Waals surface area contributed by atoms with Crippen LogP contribution in [0.3, 0.4) is 0 Å². The molecular weight excluding hydrogens is 415 g/mol. The molecule has 0 N–H and O–H groups in total. The van der Waals surface area contributed by atoms with Crippen molar-refractivity contribution >= 4 is 5.97 Å². The first-order chi connectivity index (χ1) is 16.1. The summed E-state index contributed by atoms with van der Waals surface area (Å²) in [6.45, 7) is 4.94. The normalized spacial score (nSPS) is 10.9. The summed E-state index contributed by atoms with van der Waals surface area (Å²) < 4.78 is 25.5. The molecule has 2 aromatic rings. The van der Waals surface area contributed by atoms with Gasteiger partial charge in [0.2, 0.25) is 0 Å². The van der Waals surface area contributed by atoms with Crippen LogP contribution in [-0.4, -0.2) is 12.6 Å². The van der Waals surface area contributed by atoms with E-state index in [1.54, 1.807) is 18.2 Å². The Labute approximate surface area is 199 Å². The number of hydrogen-bond donors (Lipinski definition) is 0. The fourth-order valence-corrected chi connectivity index (χ4v) is 3.81. The summed E-state index contributed by atoms with van der Waals surface area (Å²) in [6, 6.07) is 12.3. The van der Waals surface area contributed by atoms with Gasteiger partial charge in [0.1, 0.15) is 5.75 Å². The highest BCUT2D eigenvalue weighted by Crippen LogP contribution is 2.27. The maximum atomic E-state index is 14.5. The molecule has 33 heavy (non-hydrogen) atoms. The van der Waals surface area contributed by atoms with Crippen molar-refractivity contribution in [2.45, 2.75) is 97.3 Å². The van der Waals surface area contributed by atoms with Crippen LogP contribution >= 0.6 is 0 Å². The molecule has 0 bridgehead atoms. The highest BCUT2D eigenvalue weighted by molar-refractivity contribution is 5.73. The molecule has 0 radical (unpaired) electrons. The van der Waals surface area contributed by atoms with Crippen molar-refractivity contribution in [2.24, 2.45) is 0 Å². The Balaban J connectivity index is 1.75. The standard InChI is InChI=1S/C29H41FO3/c1-3-5-7-9-11-13-15-29(31)33-26-19-16-24(17-20-26)25-18-21-28(27(30)23-25)32-22-14-12-10-8-6-4-2/h16-21,23H,3-15,22H2,1-2H3. The van der Waals surface area contributed by atoms with E-state index in [4.69, 9.17) is 9.47 Å². The van der Waals surface area contributed by atoms with E-state index in [2.05, 4.69) is 13.8 Å². The summed E-state index contributed by atoms with van der Waals surface area (Å²) in [6.07, 6.45) is 14.3. The van der Waals surface area contributed by atoms with E-state index in [1.165, 1.54) is 57.4 Å². The number of ether oxygens (including phenoxy) is 2. The number of benzene rings is 2. The van der Waals surface area contributed by atoms with E-state index in [0.717, 1.165) is 36.8 Å². The lowest BCUT2D eigenvalue weighted by molar-refractivity contribution is -0.134. The third kappa shape index (κ3) is 10.9. The quantitative estimate of drug-likeness (QED) is 0.135. The predicted molar refractivity (Wildman–Crippen MR) is 134 cm³/mol. The molecular formula is C29H41FO3. The van der Waals surface area contributed by atoms with Crippen molar-refractivity contribution in [2.75, 3.05) is 6.61 Å². The molecule has 0 heterocycles. The number of unbranched alkanes of at least 4 members (excludes halogenated alkanes) is 10. The Morgan fingerprint density at radius 3 is 1.94 bits per heavy atom. The molecule has 3 nitrogen and oxygen atoms in total. The highest BCUT2D eigenvalue weighted by Gasteiger charge is 2.08. The van der Waals surface area contributed by atoms with E-state index in [-0.39, 0.29) is 11.8 Å². The van der Waals surface area contributed by atoms with Gasteiger partial charge in [-0.2, -0.15) is 0 Å². The molecule has 0 saturated heterocycles. The molecule has 0 aliphatic carbocycles. The SMILES string of the molecule is CCCCCCCCOc1ccc(-c2ccc(OC(=O)CCCCCCCC)cc2)cc1F. The summed E-state index contributed by atoms with van der Waals surface area (Å²) in [5.74, 6) is 0.269. The van der Waals surface area contributed by atoms with Gasteiger partial charge in [0.15, 0.2) is 11.6 Å². The maximum Gasteiger partial charge on any atom is 0.311 e. The Morgan fingerprint density at radius 2 is 1.30 bits per heavy atom. The molecule has 2 aromatic carbocycles. The first kappa shape index (κ1) is 26.9. The molecule has 0 aromatic heterocycles. The Kier molecular flexibility index (Phi) is 13.3. The lowest BCUT2D eigenvalue weighted by Crippen LogP contribution is -2.07. The zero-order valence-corrected chi connectivity index (χ0v) is 20.5. The molecule has 0 unspecified atom stereocenters. The van der Waals surface area contributed by atoms with Crippen LogP contribution in [0.4, 0.5) is 4.39 Å². The van der Waals surface area contributed by atoms with Crippen LogP contribution in [0.25, 0.3) is 11.1 Å². The fraction of sp³-hybridized carbons (Fsp3) is 0.552. The number of carbonyl (C=O) groups is 1. The van der Waals surface area contributed by atoms with Crippen LogP contribution in [0.5, 0.6) is 11.5 Å². The van der Waals surface area contributed by atoms with Gasteiger partial charge in [0.25, 0.3) is 0 Å². The minimum Gasteiger partial charge on any atom is -0.491 e. The van der Waals surface area contributed by atoms with Gasteiger partial charge in [-0.25, -0.2) is 4.39 Å². The average Bonchev–Trinajstić information content (AvgIpc) is 2.82. The van der Waals surface area contributed by atoms with Crippen molar-refractivity contribution < 1.29 is 18.7 Å². The first-order valence-electron chi connectivity index (χ1n) is 12.9. The molecule has 4 heteroatoms. The monoisotopic (exact) mass is 456 g/mol. The Morgan fingerprint density at radius 1 is 0.727 bits per heavy atom. The van der Waals surface area contributed by atoms with Gasteiger partial charge >= 0.3 is 5.97 Å². The van der Waals surface area contributed by atoms with Crippen molar-refractivity contribution in [3.05, 3.63) is 48.3 Å². The zero-order chi connectivity index (χ0) is 23.7.